The molecule has 8 heteroatoms. The highest BCUT2D eigenvalue weighted by molar-refractivity contribution is 7.89. The van der Waals surface area contributed by atoms with Crippen LogP contribution in [0.25, 0.3) is 0 Å². The van der Waals surface area contributed by atoms with Gasteiger partial charge in [-0.1, -0.05) is 6.92 Å². The largest absolute Gasteiger partial charge is 0.416 e. The third-order valence-corrected chi connectivity index (χ3v) is 5.48. The summed E-state index contributed by atoms with van der Waals surface area (Å²) < 4.78 is 64.7. The number of likely N-dealkylation sites (tertiary alicyclic amines) is 1. The highest BCUT2D eigenvalue weighted by atomic mass is 32.2. The summed E-state index contributed by atoms with van der Waals surface area (Å²) in [7, 11) is -3.79. The van der Waals surface area contributed by atoms with E-state index in [1.165, 1.54) is 0 Å². The molecule has 0 unspecified atom stereocenters. The lowest BCUT2D eigenvalue weighted by molar-refractivity contribution is -0.137. The zero-order valence-electron chi connectivity index (χ0n) is 12.9. The number of rotatable bonds is 5. The second-order valence-electron chi connectivity index (χ2n) is 5.76. The zero-order valence-corrected chi connectivity index (χ0v) is 13.8. The first-order chi connectivity index (χ1) is 10.7. The van der Waals surface area contributed by atoms with Crippen LogP contribution in [0.2, 0.25) is 0 Å². The van der Waals surface area contributed by atoms with Crippen molar-refractivity contribution in [3.8, 4) is 0 Å². The molecule has 1 fully saturated rings. The predicted octanol–water partition coefficient (Wildman–Crippen LogP) is 2.86. The van der Waals surface area contributed by atoms with Crippen molar-refractivity contribution in [1.29, 1.82) is 0 Å². The Bertz CT molecular complexity index is 607. The molecular formula is C15H21F3N2O2S. The summed E-state index contributed by atoms with van der Waals surface area (Å²) in [6, 6.07) is 3.40. The minimum absolute atomic E-state index is 0.138. The van der Waals surface area contributed by atoms with E-state index in [0.717, 1.165) is 50.3 Å². The molecule has 0 aliphatic carbocycles. The van der Waals surface area contributed by atoms with Gasteiger partial charge in [0.2, 0.25) is 10.0 Å². The third-order valence-electron chi connectivity index (χ3n) is 3.94. The summed E-state index contributed by atoms with van der Waals surface area (Å²) in [6.07, 6.45) is -2.00. The minimum atomic E-state index is -4.47. The average Bonchev–Trinajstić information content (AvgIpc) is 2.48. The lowest BCUT2D eigenvalue weighted by Gasteiger charge is -2.31. The Morgan fingerprint density at radius 1 is 1.17 bits per heavy atom. The normalized spacial score (nSPS) is 18.3. The van der Waals surface area contributed by atoms with E-state index in [4.69, 9.17) is 0 Å². The van der Waals surface area contributed by atoms with E-state index in [2.05, 4.69) is 16.5 Å². The van der Waals surface area contributed by atoms with Crippen molar-refractivity contribution in [2.45, 2.75) is 43.3 Å². The highest BCUT2D eigenvalue weighted by Crippen LogP contribution is 2.29. The summed E-state index contributed by atoms with van der Waals surface area (Å²) >= 11 is 0. The Kier molecular flexibility index (Phi) is 5.70. The van der Waals surface area contributed by atoms with Crippen molar-refractivity contribution in [2.75, 3.05) is 19.6 Å². The summed E-state index contributed by atoms with van der Waals surface area (Å²) in [5.74, 6) is 0. The van der Waals surface area contributed by atoms with Gasteiger partial charge < -0.3 is 4.90 Å². The van der Waals surface area contributed by atoms with Crippen LogP contribution in [0.4, 0.5) is 13.2 Å². The first kappa shape index (κ1) is 18.2. The van der Waals surface area contributed by atoms with Gasteiger partial charge in [0.15, 0.2) is 0 Å². The van der Waals surface area contributed by atoms with Crippen LogP contribution in [0.5, 0.6) is 0 Å². The molecule has 1 aromatic carbocycles. The van der Waals surface area contributed by atoms with Crippen LogP contribution in [0.15, 0.2) is 29.2 Å². The van der Waals surface area contributed by atoms with Crippen molar-refractivity contribution in [3.05, 3.63) is 29.8 Å². The molecule has 0 bridgehead atoms. The van der Waals surface area contributed by atoms with E-state index in [1.54, 1.807) is 0 Å². The first-order valence-corrected chi connectivity index (χ1v) is 9.12. The molecule has 1 aromatic rings. The molecule has 0 radical (unpaired) electrons. The average molecular weight is 350 g/mol. The quantitative estimate of drug-likeness (QED) is 0.888. The molecule has 1 N–H and O–H groups in total. The maximum Gasteiger partial charge on any atom is 0.416 e. The Balaban J connectivity index is 2.00. The summed E-state index contributed by atoms with van der Waals surface area (Å²) in [5, 5.41) is 0. The lowest BCUT2D eigenvalue weighted by atomic mass is 10.1. The van der Waals surface area contributed by atoms with Crippen LogP contribution in [0, 0.1) is 0 Å². The molecule has 1 saturated heterocycles. The number of piperidine rings is 1. The number of alkyl halides is 3. The number of nitrogens with zero attached hydrogens (tertiary/aromatic N) is 1. The summed E-state index contributed by atoms with van der Waals surface area (Å²) in [6.45, 7) is 4.75. The minimum Gasteiger partial charge on any atom is -0.303 e. The topological polar surface area (TPSA) is 49.4 Å². The van der Waals surface area contributed by atoms with E-state index in [0.29, 0.717) is 12.8 Å². The molecule has 23 heavy (non-hydrogen) atoms. The summed E-state index contributed by atoms with van der Waals surface area (Å²) in [5.41, 5.74) is -0.857. The van der Waals surface area contributed by atoms with Crippen molar-refractivity contribution in [1.82, 2.24) is 9.62 Å². The molecular weight excluding hydrogens is 329 g/mol. The molecule has 1 aliphatic rings. The molecule has 130 valence electrons. The predicted molar refractivity (Wildman–Crippen MR) is 81.5 cm³/mol. The maximum absolute atomic E-state index is 12.5. The van der Waals surface area contributed by atoms with E-state index >= 15 is 0 Å². The van der Waals surface area contributed by atoms with E-state index in [1.807, 2.05) is 0 Å². The van der Waals surface area contributed by atoms with Crippen molar-refractivity contribution < 1.29 is 21.6 Å². The van der Waals surface area contributed by atoms with Crippen LogP contribution >= 0.6 is 0 Å². The number of sulfonamides is 1. The van der Waals surface area contributed by atoms with Gasteiger partial charge in [0.25, 0.3) is 0 Å². The molecule has 4 nitrogen and oxygen atoms in total. The Morgan fingerprint density at radius 2 is 1.74 bits per heavy atom. The van der Waals surface area contributed by atoms with Crippen LogP contribution in [-0.2, 0) is 16.2 Å². The van der Waals surface area contributed by atoms with Gasteiger partial charge in [-0.3, -0.25) is 0 Å². The highest BCUT2D eigenvalue weighted by Gasteiger charge is 2.31. The van der Waals surface area contributed by atoms with Crippen LogP contribution in [0.3, 0.4) is 0 Å². The second kappa shape index (κ2) is 7.19. The number of hydrogen-bond acceptors (Lipinski definition) is 3. The maximum atomic E-state index is 12.5. The van der Waals surface area contributed by atoms with Gasteiger partial charge >= 0.3 is 6.18 Å². The fourth-order valence-electron chi connectivity index (χ4n) is 2.70. The van der Waals surface area contributed by atoms with Crippen LogP contribution < -0.4 is 4.72 Å². The number of hydrogen-bond donors (Lipinski definition) is 1. The fourth-order valence-corrected chi connectivity index (χ4v) is 4.01. The third kappa shape index (κ3) is 4.92. The van der Waals surface area contributed by atoms with Gasteiger partial charge in [-0.25, -0.2) is 13.1 Å². The van der Waals surface area contributed by atoms with E-state index in [-0.39, 0.29) is 10.9 Å². The molecule has 0 amide bonds. The molecule has 0 spiro atoms. The summed E-state index contributed by atoms with van der Waals surface area (Å²) in [4.78, 5) is 2.14. The van der Waals surface area contributed by atoms with Crippen molar-refractivity contribution >= 4 is 10.0 Å². The van der Waals surface area contributed by atoms with Gasteiger partial charge in [0.1, 0.15) is 0 Å². The lowest BCUT2D eigenvalue weighted by Crippen LogP contribution is -2.44. The monoisotopic (exact) mass is 350 g/mol. The van der Waals surface area contributed by atoms with Crippen LogP contribution in [0.1, 0.15) is 31.7 Å². The fraction of sp³-hybridized carbons (Fsp3) is 0.600. The molecule has 0 saturated carbocycles. The smallest absolute Gasteiger partial charge is 0.303 e. The van der Waals surface area contributed by atoms with Gasteiger partial charge in [-0.05, 0) is 63.2 Å². The van der Waals surface area contributed by atoms with E-state index in [9.17, 15) is 21.6 Å². The molecule has 1 heterocycles. The zero-order chi connectivity index (χ0) is 17.1. The number of benzene rings is 1. The van der Waals surface area contributed by atoms with Gasteiger partial charge in [0.05, 0.1) is 10.5 Å². The van der Waals surface area contributed by atoms with Crippen molar-refractivity contribution in [3.63, 3.8) is 0 Å². The van der Waals surface area contributed by atoms with Gasteiger partial charge in [-0.15, -0.1) is 0 Å². The standard InChI is InChI=1S/C15H21F3N2O2S/c1-2-9-20-10-7-13(8-11-20)19-23(21,22)14-5-3-12(4-6-14)15(16,17)18/h3-6,13,19H,2,7-11H2,1H3. The Hall–Kier alpha value is -1.12. The SMILES string of the molecule is CCCN1CCC(NS(=O)(=O)c2ccc(C(F)(F)F)cc2)CC1. The Morgan fingerprint density at radius 3 is 2.22 bits per heavy atom. The molecule has 0 atom stereocenters. The molecule has 1 aliphatic heterocycles. The van der Waals surface area contributed by atoms with Gasteiger partial charge in [0, 0.05) is 6.04 Å². The molecule has 0 aromatic heterocycles. The van der Waals surface area contributed by atoms with Crippen molar-refractivity contribution in [2.24, 2.45) is 0 Å². The van der Waals surface area contributed by atoms with Gasteiger partial charge in [-0.2, -0.15) is 13.2 Å². The number of halogens is 3. The first-order valence-electron chi connectivity index (χ1n) is 7.64. The van der Waals surface area contributed by atoms with Crippen LogP contribution in [-0.4, -0.2) is 39.0 Å². The molecule has 2 rings (SSSR count). The second-order valence-corrected chi connectivity index (χ2v) is 7.47. The Labute approximate surface area is 134 Å². The van der Waals surface area contributed by atoms with E-state index < -0.39 is 21.8 Å². The number of nitrogens with one attached hydrogen (secondary N) is 1.